The van der Waals surface area contributed by atoms with Gasteiger partial charge in [-0.05, 0) is 24.6 Å². The van der Waals surface area contributed by atoms with Crippen LogP contribution in [-0.2, 0) is 9.53 Å². The van der Waals surface area contributed by atoms with Crippen LogP contribution in [0.25, 0.3) is 0 Å². The van der Waals surface area contributed by atoms with E-state index in [1.807, 2.05) is 6.92 Å². The second-order valence-corrected chi connectivity index (χ2v) is 3.87. The topological polar surface area (TPSA) is 64.3 Å². The fraction of sp³-hybridized carbons (Fsp3) is 0.417. The fourth-order valence-corrected chi connectivity index (χ4v) is 1.62. The van der Waals surface area contributed by atoms with Crippen LogP contribution in [-0.4, -0.2) is 25.2 Å². The molecule has 4 nitrogen and oxygen atoms in total. The van der Waals surface area contributed by atoms with E-state index in [1.165, 1.54) is 19.2 Å². The summed E-state index contributed by atoms with van der Waals surface area (Å²) in [6.45, 7) is 1.95. The zero-order chi connectivity index (χ0) is 12.9. The van der Waals surface area contributed by atoms with Crippen molar-refractivity contribution in [3.63, 3.8) is 0 Å². The highest BCUT2D eigenvalue weighted by Gasteiger charge is 2.34. The molecular formula is C12H17FN2O2. The van der Waals surface area contributed by atoms with E-state index in [1.54, 1.807) is 12.1 Å². The van der Waals surface area contributed by atoms with Gasteiger partial charge >= 0.3 is 0 Å². The van der Waals surface area contributed by atoms with Crippen molar-refractivity contribution in [2.24, 2.45) is 5.73 Å². The molecule has 94 valence electrons. The molecule has 0 aliphatic heterocycles. The summed E-state index contributed by atoms with van der Waals surface area (Å²) in [6.07, 6.45) is 0.451. The Labute approximate surface area is 100.0 Å². The van der Waals surface area contributed by atoms with E-state index in [0.717, 1.165) is 0 Å². The summed E-state index contributed by atoms with van der Waals surface area (Å²) < 4.78 is 18.1. The number of nitrogens with two attached hydrogens (primary N) is 1. The van der Waals surface area contributed by atoms with Gasteiger partial charge in [-0.1, -0.05) is 13.0 Å². The summed E-state index contributed by atoms with van der Waals surface area (Å²) in [5.41, 5.74) is 4.87. The third kappa shape index (κ3) is 3.17. The number of anilines is 1. The molecule has 1 unspecified atom stereocenters. The minimum atomic E-state index is -1.01. The number of hydrogen-bond donors (Lipinski definition) is 2. The molecule has 0 spiro atoms. The van der Waals surface area contributed by atoms with E-state index in [-0.39, 0.29) is 12.4 Å². The van der Waals surface area contributed by atoms with Gasteiger partial charge in [-0.15, -0.1) is 0 Å². The van der Waals surface area contributed by atoms with Crippen LogP contribution >= 0.6 is 0 Å². The molecule has 17 heavy (non-hydrogen) atoms. The summed E-state index contributed by atoms with van der Waals surface area (Å²) >= 11 is 0. The first kappa shape index (κ1) is 13.4. The number of benzene rings is 1. The first-order valence-electron chi connectivity index (χ1n) is 5.36. The van der Waals surface area contributed by atoms with E-state index in [2.05, 4.69) is 5.32 Å². The lowest BCUT2D eigenvalue weighted by Gasteiger charge is -2.30. The third-order valence-electron chi connectivity index (χ3n) is 2.67. The number of carbonyl (C=O) groups excluding carboxylic acids is 1. The summed E-state index contributed by atoms with van der Waals surface area (Å²) in [5, 5.41) is 2.94. The molecule has 0 fully saturated rings. The van der Waals surface area contributed by atoms with Crippen LogP contribution in [0.15, 0.2) is 24.3 Å². The largest absolute Gasteiger partial charge is 0.382 e. The second kappa shape index (κ2) is 5.63. The van der Waals surface area contributed by atoms with Gasteiger partial charge < -0.3 is 15.8 Å². The molecule has 0 saturated heterocycles. The van der Waals surface area contributed by atoms with Gasteiger partial charge in [0.05, 0.1) is 6.61 Å². The highest BCUT2D eigenvalue weighted by molar-refractivity contribution is 5.88. The normalized spacial score (nSPS) is 14.1. The Hall–Kier alpha value is -1.62. The van der Waals surface area contributed by atoms with Gasteiger partial charge in [-0.25, -0.2) is 4.39 Å². The van der Waals surface area contributed by atoms with Crippen molar-refractivity contribution in [3.05, 3.63) is 30.1 Å². The Morgan fingerprint density at radius 1 is 1.59 bits per heavy atom. The molecule has 0 radical (unpaired) electrons. The van der Waals surface area contributed by atoms with Crippen LogP contribution in [0.5, 0.6) is 0 Å². The first-order chi connectivity index (χ1) is 8.04. The van der Waals surface area contributed by atoms with E-state index in [0.29, 0.717) is 12.1 Å². The van der Waals surface area contributed by atoms with Crippen LogP contribution in [0.4, 0.5) is 10.1 Å². The first-order valence-corrected chi connectivity index (χ1v) is 5.36. The van der Waals surface area contributed by atoms with Crippen molar-refractivity contribution in [1.82, 2.24) is 0 Å². The van der Waals surface area contributed by atoms with Gasteiger partial charge in [0.25, 0.3) is 0 Å². The average Bonchev–Trinajstić information content (AvgIpc) is 2.28. The predicted octanol–water partition coefficient (Wildman–Crippen LogP) is 1.52. The van der Waals surface area contributed by atoms with Crippen molar-refractivity contribution >= 4 is 11.6 Å². The molecule has 1 amide bonds. The Morgan fingerprint density at radius 3 is 2.76 bits per heavy atom. The Morgan fingerprint density at radius 2 is 2.29 bits per heavy atom. The molecule has 0 aromatic heterocycles. The molecule has 1 atom stereocenters. The molecule has 5 heteroatoms. The molecule has 0 saturated carbocycles. The van der Waals surface area contributed by atoms with Crippen LogP contribution in [0, 0.1) is 5.82 Å². The van der Waals surface area contributed by atoms with Crippen LogP contribution in [0.1, 0.15) is 13.3 Å². The molecule has 1 aromatic rings. The highest BCUT2D eigenvalue weighted by Crippen LogP contribution is 2.20. The molecule has 0 aliphatic rings. The Kier molecular flexibility index (Phi) is 4.45. The van der Waals surface area contributed by atoms with Crippen LogP contribution in [0.3, 0.4) is 0 Å². The molecule has 1 rings (SSSR count). The number of methoxy groups -OCH3 is 1. The van der Waals surface area contributed by atoms with Gasteiger partial charge in [-0.2, -0.15) is 0 Å². The zero-order valence-corrected chi connectivity index (χ0v) is 10.00. The van der Waals surface area contributed by atoms with Gasteiger partial charge in [0, 0.05) is 12.8 Å². The number of amides is 1. The number of primary amides is 1. The number of halogens is 1. The maximum atomic E-state index is 13.0. The monoisotopic (exact) mass is 240 g/mol. The number of carbonyl (C=O) groups is 1. The van der Waals surface area contributed by atoms with Gasteiger partial charge in [0.15, 0.2) is 0 Å². The average molecular weight is 240 g/mol. The van der Waals surface area contributed by atoms with Crippen LogP contribution in [0.2, 0.25) is 0 Å². The minimum absolute atomic E-state index is 0.134. The predicted molar refractivity (Wildman–Crippen MR) is 64.1 cm³/mol. The number of nitrogens with one attached hydrogen (secondary N) is 1. The second-order valence-electron chi connectivity index (χ2n) is 3.87. The fourth-order valence-electron chi connectivity index (χ4n) is 1.62. The summed E-state index contributed by atoms with van der Waals surface area (Å²) in [4.78, 5) is 11.5. The van der Waals surface area contributed by atoms with E-state index >= 15 is 0 Å². The lowest BCUT2D eigenvalue weighted by Crippen LogP contribution is -2.53. The molecule has 0 heterocycles. The van der Waals surface area contributed by atoms with Gasteiger partial charge in [0.2, 0.25) is 5.91 Å². The minimum Gasteiger partial charge on any atom is -0.382 e. The van der Waals surface area contributed by atoms with E-state index in [4.69, 9.17) is 10.5 Å². The highest BCUT2D eigenvalue weighted by atomic mass is 19.1. The maximum Gasteiger partial charge on any atom is 0.245 e. The van der Waals surface area contributed by atoms with E-state index < -0.39 is 11.4 Å². The Bertz CT molecular complexity index is 398. The van der Waals surface area contributed by atoms with Crippen molar-refractivity contribution in [3.8, 4) is 0 Å². The van der Waals surface area contributed by atoms with Crippen molar-refractivity contribution in [1.29, 1.82) is 0 Å². The third-order valence-corrected chi connectivity index (χ3v) is 2.67. The van der Waals surface area contributed by atoms with Crippen molar-refractivity contribution in [2.45, 2.75) is 18.9 Å². The SMILES string of the molecule is CCC(COC)(Nc1cccc(F)c1)C(N)=O. The quantitative estimate of drug-likeness (QED) is 0.792. The maximum absolute atomic E-state index is 13.0. The molecule has 3 N–H and O–H groups in total. The number of hydrogen-bond acceptors (Lipinski definition) is 3. The molecule has 0 bridgehead atoms. The van der Waals surface area contributed by atoms with Gasteiger partial charge in [0.1, 0.15) is 11.4 Å². The van der Waals surface area contributed by atoms with E-state index in [9.17, 15) is 9.18 Å². The number of ether oxygens (including phenoxy) is 1. The van der Waals surface area contributed by atoms with Crippen molar-refractivity contribution < 1.29 is 13.9 Å². The molecule has 1 aromatic carbocycles. The Balaban J connectivity index is 2.96. The van der Waals surface area contributed by atoms with Crippen molar-refractivity contribution in [2.75, 3.05) is 19.0 Å². The summed E-state index contributed by atoms with van der Waals surface area (Å²) in [7, 11) is 1.49. The summed E-state index contributed by atoms with van der Waals surface area (Å²) in [6, 6.07) is 5.88. The molecule has 0 aliphatic carbocycles. The zero-order valence-electron chi connectivity index (χ0n) is 10.00. The van der Waals surface area contributed by atoms with Gasteiger partial charge in [-0.3, -0.25) is 4.79 Å². The smallest absolute Gasteiger partial charge is 0.245 e. The number of rotatable bonds is 6. The molecular weight excluding hydrogens is 223 g/mol. The lowest BCUT2D eigenvalue weighted by atomic mass is 9.95. The standard InChI is InChI=1S/C12H17FN2O2/c1-3-12(8-17-2,11(14)16)15-10-6-4-5-9(13)7-10/h4-7,15H,3,8H2,1-2H3,(H2,14,16). The lowest BCUT2D eigenvalue weighted by molar-refractivity contribution is -0.124. The van der Waals surface area contributed by atoms with Crippen LogP contribution < -0.4 is 11.1 Å². The summed E-state index contributed by atoms with van der Waals surface area (Å²) in [5.74, 6) is -0.895.